The quantitative estimate of drug-likeness (QED) is 0.358. The van der Waals surface area contributed by atoms with Crippen LogP contribution in [0.1, 0.15) is 52.9 Å². The summed E-state index contributed by atoms with van der Waals surface area (Å²) in [5, 5.41) is 5.99. The Balaban J connectivity index is 1.20. The van der Waals surface area contributed by atoms with Crippen LogP contribution in [0.5, 0.6) is 5.75 Å². The van der Waals surface area contributed by atoms with Gasteiger partial charge in [-0.25, -0.2) is 4.98 Å². The smallest absolute Gasteiger partial charge is 0.255 e. The van der Waals surface area contributed by atoms with E-state index in [1.807, 2.05) is 72.2 Å². The molecule has 2 N–H and O–H groups in total. The van der Waals surface area contributed by atoms with Crippen LogP contribution < -0.4 is 15.4 Å². The maximum absolute atomic E-state index is 13.0. The SMILES string of the molecule is Cc1cccn2cc(COc3ccccc3C(=O)NCc3cccc(NC(=O)C4CCCC4)c3)nc12. The summed E-state index contributed by atoms with van der Waals surface area (Å²) >= 11 is 0. The second kappa shape index (κ2) is 10.6. The number of ether oxygens (including phenoxy) is 1. The van der Waals surface area contributed by atoms with E-state index < -0.39 is 0 Å². The van der Waals surface area contributed by atoms with Crippen molar-refractivity contribution in [3.63, 3.8) is 0 Å². The highest BCUT2D eigenvalue weighted by molar-refractivity contribution is 5.97. The van der Waals surface area contributed by atoms with Crippen LogP contribution in [-0.2, 0) is 17.9 Å². The number of aromatic nitrogens is 2. The van der Waals surface area contributed by atoms with Crippen LogP contribution in [0.15, 0.2) is 73.1 Å². The third kappa shape index (κ3) is 5.40. The molecule has 2 heterocycles. The number of para-hydroxylation sites is 1. The summed E-state index contributed by atoms with van der Waals surface area (Å²) in [5.41, 5.74) is 4.89. The van der Waals surface area contributed by atoms with Crippen molar-refractivity contribution in [2.45, 2.75) is 45.8 Å². The number of hydrogen-bond donors (Lipinski definition) is 2. The van der Waals surface area contributed by atoms with Gasteiger partial charge in [-0.15, -0.1) is 0 Å². The van der Waals surface area contributed by atoms with Crippen LogP contribution in [0.3, 0.4) is 0 Å². The van der Waals surface area contributed by atoms with Crippen LogP contribution in [0.4, 0.5) is 5.69 Å². The largest absolute Gasteiger partial charge is 0.486 e. The van der Waals surface area contributed by atoms with E-state index >= 15 is 0 Å². The Morgan fingerprint density at radius 3 is 2.72 bits per heavy atom. The lowest BCUT2D eigenvalue weighted by atomic mass is 10.1. The minimum Gasteiger partial charge on any atom is -0.486 e. The summed E-state index contributed by atoms with van der Waals surface area (Å²) in [6, 6.07) is 18.8. The number of anilines is 1. The average Bonchev–Trinajstić information content (AvgIpc) is 3.58. The number of benzene rings is 2. The molecule has 0 bridgehead atoms. The van der Waals surface area contributed by atoms with Crippen molar-refractivity contribution in [3.8, 4) is 5.75 Å². The van der Waals surface area contributed by atoms with Crippen molar-refractivity contribution in [1.29, 1.82) is 0 Å². The van der Waals surface area contributed by atoms with Crippen LogP contribution in [0.25, 0.3) is 5.65 Å². The molecule has 0 aliphatic heterocycles. The Kier molecular flexibility index (Phi) is 6.98. The summed E-state index contributed by atoms with van der Waals surface area (Å²) < 4.78 is 7.96. The molecule has 2 aromatic heterocycles. The Morgan fingerprint density at radius 1 is 1.06 bits per heavy atom. The molecule has 7 heteroatoms. The van der Waals surface area contributed by atoms with Crippen LogP contribution in [-0.4, -0.2) is 21.2 Å². The predicted molar refractivity (Wildman–Crippen MR) is 139 cm³/mol. The third-order valence-corrected chi connectivity index (χ3v) is 6.61. The molecule has 1 saturated carbocycles. The van der Waals surface area contributed by atoms with E-state index in [1.54, 1.807) is 12.1 Å². The van der Waals surface area contributed by atoms with Gasteiger partial charge in [0.15, 0.2) is 0 Å². The average molecular weight is 483 g/mol. The standard InChI is InChI=1S/C29H30N4O3/c1-20-8-7-15-33-18-24(31-27(20)33)19-36-26-14-5-4-13-25(26)29(35)30-17-21-9-6-12-23(16-21)32-28(34)22-10-2-3-11-22/h4-9,12-16,18,22H,2-3,10-11,17,19H2,1H3,(H,30,35)(H,32,34). The molecule has 0 atom stereocenters. The lowest BCUT2D eigenvalue weighted by molar-refractivity contribution is -0.119. The number of rotatable bonds is 8. The van der Waals surface area contributed by atoms with Crippen molar-refractivity contribution in [3.05, 3.63) is 95.4 Å². The van der Waals surface area contributed by atoms with Crippen LogP contribution >= 0.6 is 0 Å². The number of pyridine rings is 1. The molecular weight excluding hydrogens is 452 g/mol. The molecule has 0 spiro atoms. The van der Waals surface area contributed by atoms with Crippen molar-refractivity contribution < 1.29 is 14.3 Å². The zero-order valence-electron chi connectivity index (χ0n) is 20.4. The molecule has 0 radical (unpaired) electrons. The number of hydrogen-bond acceptors (Lipinski definition) is 4. The molecular formula is C29H30N4O3. The van der Waals surface area contributed by atoms with Crippen molar-refractivity contribution in [2.24, 2.45) is 5.92 Å². The van der Waals surface area contributed by atoms with Gasteiger partial charge < -0.3 is 19.8 Å². The summed E-state index contributed by atoms with van der Waals surface area (Å²) in [4.78, 5) is 30.1. The van der Waals surface area contributed by atoms with E-state index in [-0.39, 0.29) is 24.3 Å². The molecule has 1 aliphatic carbocycles. The number of aryl methyl sites for hydroxylation is 1. The first-order valence-electron chi connectivity index (χ1n) is 12.4. The second-order valence-corrected chi connectivity index (χ2v) is 9.29. The van der Waals surface area contributed by atoms with Gasteiger partial charge in [0.1, 0.15) is 18.0 Å². The van der Waals surface area contributed by atoms with Gasteiger partial charge in [-0.3, -0.25) is 9.59 Å². The summed E-state index contributed by atoms with van der Waals surface area (Å²) in [6.07, 6.45) is 8.04. The Bertz CT molecular complexity index is 1390. The van der Waals surface area contributed by atoms with Crippen LogP contribution in [0.2, 0.25) is 0 Å². The first-order valence-corrected chi connectivity index (χ1v) is 12.4. The molecule has 0 saturated heterocycles. The van der Waals surface area contributed by atoms with E-state index in [0.717, 1.165) is 53.8 Å². The van der Waals surface area contributed by atoms with E-state index in [9.17, 15) is 9.59 Å². The van der Waals surface area contributed by atoms with Gasteiger partial charge in [0.25, 0.3) is 5.91 Å². The van der Waals surface area contributed by atoms with Crippen molar-refractivity contribution in [1.82, 2.24) is 14.7 Å². The lowest BCUT2D eigenvalue weighted by Gasteiger charge is -2.13. The fraction of sp³-hybridized carbons (Fsp3) is 0.276. The second-order valence-electron chi connectivity index (χ2n) is 9.29. The van der Waals surface area contributed by atoms with Crippen molar-refractivity contribution >= 4 is 23.1 Å². The van der Waals surface area contributed by atoms with E-state index in [1.165, 1.54) is 0 Å². The summed E-state index contributed by atoms with van der Waals surface area (Å²) in [7, 11) is 0. The fourth-order valence-corrected chi connectivity index (χ4v) is 4.67. The van der Waals surface area contributed by atoms with Gasteiger partial charge in [-0.05, 0) is 61.2 Å². The van der Waals surface area contributed by atoms with Crippen molar-refractivity contribution in [2.75, 3.05) is 5.32 Å². The molecule has 4 aromatic rings. The molecule has 36 heavy (non-hydrogen) atoms. The van der Waals surface area contributed by atoms with E-state index in [2.05, 4.69) is 15.6 Å². The maximum Gasteiger partial charge on any atom is 0.255 e. The number of carbonyl (C=O) groups is 2. The third-order valence-electron chi connectivity index (χ3n) is 6.61. The monoisotopic (exact) mass is 482 g/mol. The first kappa shape index (κ1) is 23.6. The number of amides is 2. The Morgan fingerprint density at radius 2 is 1.89 bits per heavy atom. The number of nitrogens with one attached hydrogen (secondary N) is 2. The minimum atomic E-state index is -0.225. The Hall–Kier alpha value is -4.13. The maximum atomic E-state index is 13.0. The normalized spacial score (nSPS) is 13.6. The lowest BCUT2D eigenvalue weighted by Crippen LogP contribution is -2.24. The molecule has 2 aromatic carbocycles. The number of imidazole rings is 1. The summed E-state index contributed by atoms with van der Waals surface area (Å²) in [6.45, 7) is 2.62. The molecule has 0 unspecified atom stereocenters. The number of fused-ring (bicyclic) bond motifs is 1. The highest BCUT2D eigenvalue weighted by Gasteiger charge is 2.22. The minimum absolute atomic E-state index is 0.0838. The molecule has 2 amide bonds. The highest BCUT2D eigenvalue weighted by atomic mass is 16.5. The number of carbonyl (C=O) groups excluding carboxylic acids is 2. The van der Waals surface area contributed by atoms with E-state index in [4.69, 9.17) is 4.74 Å². The van der Waals surface area contributed by atoms with Gasteiger partial charge in [0, 0.05) is 30.5 Å². The fourth-order valence-electron chi connectivity index (χ4n) is 4.67. The van der Waals surface area contributed by atoms with Crippen LogP contribution in [0, 0.1) is 12.8 Å². The van der Waals surface area contributed by atoms with Gasteiger partial charge >= 0.3 is 0 Å². The molecule has 184 valence electrons. The van der Waals surface area contributed by atoms with Gasteiger partial charge in [-0.1, -0.05) is 43.2 Å². The van der Waals surface area contributed by atoms with E-state index in [0.29, 0.717) is 17.9 Å². The predicted octanol–water partition coefficient (Wildman–Crippen LogP) is 5.28. The highest BCUT2D eigenvalue weighted by Crippen LogP contribution is 2.26. The Labute approximate surface area is 210 Å². The summed E-state index contributed by atoms with van der Waals surface area (Å²) in [5.74, 6) is 0.466. The van der Waals surface area contributed by atoms with Gasteiger partial charge in [0.2, 0.25) is 5.91 Å². The topological polar surface area (TPSA) is 84.7 Å². The van der Waals surface area contributed by atoms with Gasteiger partial charge in [0.05, 0.1) is 11.3 Å². The molecule has 7 nitrogen and oxygen atoms in total. The molecule has 1 fully saturated rings. The zero-order valence-corrected chi connectivity index (χ0v) is 20.4. The number of nitrogens with zero attached hydrogens (tertiary/aromatic N) is 2. The zero-order chi connectivity index (χ0) is 24.9. The van der Waals surface area contributed by atoms with Gasteiger partial charge in [-0.2, -0.15) is 0 Å². The molecule has 1 aliphatic rings. The first-order chi connectivity index (χ1) is 17.6. The molecule has 5 rings (SSSR count).